The lowest BCUT2D eigenvalue weighted by Gasteiger charge is -2.35. The molecule has 5 heteroatoms. The second-order valence-corrected chi connectivity index (χ2v) is 6.82. The Hall–Kier alpha value is -0.320. The van der Waals surface area contributed by atoms with Crippen LogP contribution in [0.1, 0.15) is 51.9 Å². The standard InChI is InChI=1S/C17H33N3O.ClH/c1-3-18-13-15-9-11-20(12-10-15)14-17(21)19(2)16-7-5-4-6-8-16;/h15-16,18H,3-14H2,1-2H3;1H. The molecule has 130 valence electrons. The first-order valence-corrected chi connectivity index (χ1v) is 8.89. The van der Waals surface area contributed by atoms with Gasteiger partial charge >= 0.3 is 0 Å². The van der Waals surface area contributed by atoms with Crippen LogP contribution in [0.4, 0.5) is 0 Å². The molecule has 0 atom stereocenters. The van der Waals surface area contributed by atoms with Gasteiger partial charge in [0.15, 0.2) is 0 Å². The molecular formula is C17H34ClN3O. The summed E-state index contributed by atoms with van der Waals surface area (Å²) >= 11 is 0. The number of hydrogen-bond donors (Lipinski definition) is 1. The number of carbonyl (C=O) groups is 1. The van der Waals surface area contributed by atoms with Gasteiger partial charge in [-0.2, -0.15) is 0 Å². The maximum Gasteiger partial charge on any atom is 0.236 e. The van der Waals surface area contributed by atoms with Gasteiger partial charge in [0.1, 0.15) is 0 Å². The fourth-order valence-electron chi connectivity index (χ4n) is 3.67. The highest BCUT2D eigenvalue weighted by atomic mass is 35.5. The maximum absolute atomic E-state index is 12.4. The molecule has 1 saturated heterocycles. The van der Waals surface area contributed by atoms with Crippen molar-refractivity contribution in [2.45, 2.75) is 57.9 Å². The van der Waals surface area contributed by atoms with Crippen LogP contribution in [-0.2, 0) is 4.79 Å². The van der Waals surface area contributed by atoms with E-state index in [1.165, 1.54) is 44.9 Å². The van der Waals surface area contributed by atoms with Crippen LogP contribution in [0.25, 0.3) is 0 Å². The van der Waals surface area contributed by atoms with Gasteiger partial charge in [0, 0.05) is 13.1 Å². The fourth-order valence-corrected chi connectivity index (χ4v) is 3.67. The molecule has 0 bridgehead atoms. The summed E-state index contributed by atoms with van der Waals surface area (Å²) in [4.78, 5) is 16.8. The minimum absolute atomic E-state index is 0. The molecular weight excluding hydrogens is 298 g/mol. The van der Waals surface area contributed by atoms with E-state index in [4.69, 9.17) is 0 Å². The second kappa shape index (κ2) is 10.5. The lowest BCUT2D eigenvalue weighted by molar-refractivity contribution is -0.134. The van der Waals surface area contributed by atoms with Crippen molar-refractivity contribution in [3.63, 3.8) is 0 Å². The number of halogens is 1. The Morgan fingerprint density at radius 3 is 2.36 bits per heavy atom. The van der Waals surface area contributed by atoms with E-state index in [2.05, 4.69) is 17.1 Å². The Bertz CT molecular complexity index is 313. The van der Waals surface area contributed by atoms with Crippen LogP contribution in [0.5, 0.6) is 0 Å². The summed E-state index contributed by atoms with van der Waals surface area (Å²) in [5.41, 5.74) is 0. The minimum Gasteiger partial charge on any atom is -0.342 e. The van der Waals surface area contributed by atoms with Gasteiger partial charge in [0.2, 0.25) is 5.91 Å². The summed E-state index contributed by atoms with van der Waals surface area (Å²) < 4.78 is 0. The summed E-state index contributed by atoms with van der Waals surface area (Å²) in [5.74, 6) is 1.12. The lowest BCUT2D eigenvalue weighted by Crippen LogP contribution is -2.46. The highest BCUT2D eigenvalue weighted by molar-refractivity contribution is 5.85. The molecule has 2 fully saturated rings. The monoisotopic (exact) mass is 331 g/mol. The lowest BCUT2D eigenvalue weighted by atomic mass is 9.94. The quantitative estimate of drug-likeness (QED) is 0.812. The van der Waals surface area contributed by atoms with Gasteiger partial charge in [0.05, 0.1) is 6.54 Å². The predicted molar refractivity (Wildman–Crippen MR) is 94.6 cm³/mol. The van der Waals surface area contributed by atoms with Crippen LogP contribution < -0.4 is 5.32 Å². The molecule has 4 nitrogen and oxygen atoms in total. The molecule has 1 aliphatic heterocycles. The highest BCUT2D eigenvalue weighted by Crippen LogP contribution is 2.22. The van der Waals surface area contributed by atoms with Crippen LogP contribution in [0.3, 0.4) is 0 Å². The number of hydrogen-bond acceptors (Lipinski definition) is 3. The van der Waals surface area contributed by atoms with Gasteiger partial charge in [-0.3, -0.25) is 9.69 Å². The molecule has 0 radical (unpaired) electrons. The Balaban J connectivity index is 0.00000242. The van der Waals surface area contributed by atoms with Crippen LogP contribution in [0.15, 0.2) is 0 Å². The van der Waals surface area contributed by atoms with Crippen LogP contribution in [0, 0.1) is 5.92 Å². The van der Waals surface area contributed by atoms with E-state index < -0.39 is 0 Å². The molecule has 0 spiro atoms. The van der Waals surface area contributed by atoms with Gasteiger partial charge in [-0.1, -0.05) is 26.2 Å². The van der Waals surface area contributed by atoms with Gasteiger partial charge < -0.3 is 10.2 Å². The molecule has 0 aromatic carbocycles. The van der Waals surface area contributed by atoms with Crippen molar-refractivity contribution in [3.8, 4) is 0 Å². The maximum atomic E-state index is 12.4. The highest BCUT2D eigenvalue weighted by Gasteiger charge is 2.25. The van der Waals surface area contributed by atoms with Crippen molar-refractivity contribution in [2.24, 2.45) is 5.92 Å². The average Bonchev–Trinajstić information content (AvgIpc) is 2.54. The molecule has 22 heavy (non-hydrogen) atoms. The van der Waals surface area contributed by atoms with E-state index in [0.29, 0.717) is 18.5 Å². The third-order valence-corrected chi connectivity index (χ3v) is 5.26. The minimum atomic E-state index is 0. The molecule has 1 amide bonds. The number of likely N-dealkylation sites (tertiary alicyclic amines) is 1. The largest absolute Gasteiger partial charge is 0.342 e. The molecule has 1 saturated carbocycles. The number of likely N-dealkylation sites (N-methyl/N-ethyl adjacent to an activating group) is 1. The third kappa shape index (κ3) is 6.05. The van der Waals surface area contributed by atoms with Gasteiger partial charge in [-0.05, 0) is 57.8 Å². The normalized spacial score (nSPS) is 21.4. The van der Waals surface area contributed by atoms with Gasteiger partial charge in [0.25, 0.3) is 0 Å². The zero-order valence-electron chi connectivity index (χ0n) is 14.4. The van der Waals surface area contributed by atoms with E-state index in [0.717, 1.165) is 32.1 Å². The zero-order chi connectivity index (χ0) is 15.1. The summed E-state index contributed by atoms with van der Waals surface area (Å²) in [6, 6.07) is 0.498. The van der Waals surface area contributed by atoms with Gasteiger partial charge in [-0.15, -0.1) is 12.4 Å². The van der Waals surface area contributed by atoms with E-state index in [-0.39, 0.29) is 12.4 Å². The van der Waals surface area contributed by atoms with E-state index in [1.807, 2.05) is 11.9 Å². The molecule has 1 aliphatic carbocycles. The smallest absolute Gasteiger partial charge is 0.236 e. The number of nitrogens with zero attached hydrogens (tertiary/aromatic N) is 2. The van der Waals surface area contributed by atoms with E-state index >= 15 is 0 Å². The van der Waals surface area contributed by atoms with Crippen molar-refractivity contribution in [1.29, 1.82) is 0 Å². The number of piperidine rings is 1. The molecule has 1 N–H and O–H groups in total. The number of nitrogens with one attached hydrogen (secondary N) is 1. The average molecular weight is 332 g/mol. The van der Waals surface area contributed by atoms with Crippen molar-refractivity contribution in [1.82, 2.24) is 15.1 Å². The summed E-state index contributed by atoms with van der Waals surface area (Å²) in [7, 11) is 2.01. The molecule has 0 unspecified atom stereocenters. The van der Waals surface area contributed by atoms with Crippen LogP contribution >= 0.6 is 12.4 Å². The van der Waals surface area contributed by atoms with Crippen LogP contribution in [0.2, 0.25) is 0 Å². The van der Waals surface area contributed by atoms with Crippen molar-refractivity contribution in [2.75, 3.05) is 39.8 Å². The van der Waals surface area contributed by atoms with Crippen molar-refractivity contribution < 1.29 is 4.79 Å². The number of carbonyl (C=O) groups excluding carboxylic acids is 1. The number of rotatable bonds is 6. The molecule has 0 aromatic heterocycles. The Labute approximate surface area is 142 Å². The fraction of sp³-hybridized carbons (Fsp3) is 0.941. The second-order valence-electron chi connectivity index (χ2n) is 6.82. The van der Waals surface area contributed by atoms with Crippen LogP contribution in [-0.4, -0.2) is 61.5 Å². The molecule has 1 heterocycles. The summed E-state index contributed by atoms with van der Waals surface area (Å²) in [6.07, 6.45) is 8.79. The van der Waals surface area contributed by atoms with Crippen molar-refractivity contribution in [3.05, 3.63) is 0 Å². The van der Waals surface area contributed by atoms with Gasteiger partial charge in [-0.25, -0.2) is 0 Å². The predicted octanol–water partition coefficient (Wildman–Crippen LogP) is 2.52. The molecule has 2 aliphatic rings. The first-order valence-electron chi connectivity index (χ1n) is 8.89. The number of amides is 1. The van der Waals surface area contributed by atoms with E-state index in [9.17, 15) is 4.79 Å². The first-order chi connectivity index (χ1) is 10.2. The molecule has 2 rings (SSSR count). The Morgan fingerprint density at radius 2 is 1.77 bits per heavy atom. The Kier molecular flexibility index (Phi) is 9.37. The topological polar surface area (TPSA) is 35.6 Å². The first kappa shape index (κ1) is 19.7. The summed E-state index contributed by atoms with van der Waals surface area (Å²) in [6.45, 7) is 7.15. The SMILES string of the molecule is CCNCC1CCN(CC(=O)N(C)C2CCCCC2)CC1.Cl. The van der Waals surface area contributed by atoms with Crippen molar-refractivity contribution >= 4 is 18.3 Å². The zero-order valence-corrected chi connectivity index (χ0v) is 15.2. The third-order valence-electron chi connectivity index (χ3n) is 5.26. The Morgan fingerprint density at radius 1 is 1.14 bits per heavy atom. The molecule has 0 aromatic rings. The van der Waals surface area contributed by atoms with E-state index in [1.54, 1.807) is 0 Å². The summed E-state index contributed by atoms with van der Waals surface area (Å²) in [5, 5.41) is 3.44.